The Balaban J connectivity index is 1.45. The molecule has 0 radical (unpaired) electrons. The van der Waals surface area contributed by atoms with E-state index in [2.05, 4.69) is 99.7 Å². The summed E-state index contributed by atoms with van der Waals surface area (Å²) in [6, 6.07) is 23.4. The van der Waals surface area contributed by atoms with Crippen molar-refractivity contribution in [3.8, 4) is 11.1 Å². The molecule has 5 rings (SSSR count). The number of benzene rings is 3. The molecule has 1 N–H and O–H groups in total. The smallest absolute Gasteiger partial charge is 0.399 e. The summed E-state index contributed by atoms with van der Waals surface area (Å²) in [5, 5.41) is 3.63. The maximum atomic E-state index is 6.19. The number of rotatable bonds is 2. The van der Waals surface area contributed by atoms with Crippen LogP contribution in [0, 0.1) is 0 Å². The van der Waals surface area contributed by atoms with Crippen molar-refractivity contribution in [3.05, 3.63) is 66.7 Å². The Morgan fingerprint density at radius 3 is 2.14 bits per heavy atom. The molecular formula is C24H24BNO2S. The Morgan fingerprint density at radius 1 is 0.759 bits per heavy atom. The fourth-order valence-electron chi connectivity index (χ4n) is 3.70. The SMILES string of the molecule is CC1(C)OB(c2ccc(-c3cccc4c3Nc3ccccc3S4)cc2)OC1(C)C. The Bertz CT molecular complexity index is 1060. The van der Waals surface area contributed by atoms with Crippen LogP contribution in [0.2, 0.25) is 0 Å². The van der Waals surface area contributed by atoms with Gasteiger partial charge in [-0.05, 0) is 56.9 Å². The van der Waals surface area contributed by atoms with Gasteiger partial charge >= 0.3 is 7.12 Å². The Kier molecular flexibility index (Phi) is 4.32. The topological polar surface area (TPSA) is 30.5 Å². The van der Waals surface area contributed by atoms with Crippen molar-refractivity contribution in [3.63, 3.8) is 0 Å². The predicted molar refractivity (Wildman–Crippen MR) is 121 cm³/mol. The van der Waals surface area contributed by atoms with E-state index in [1.165, 1.54) is 26.6 Å². The van der Waals surface area contributed by atoms with E-state index >= 15 is 0 Å². The molecule has 5 heteroatoms. The van der Waals surface area contributed by atoms with Crippen molar-refractivity contribution >= 4 is 35.7 Å². The number of fused-ring (bicyclic) bond motifs is 2. The summed E-state index contributed by atoms with van der Waals surface area (Å²) in [5.41, 5.74) is 5.09. The highest BCUT2D eigenvalue weighted by atomic mass is 32.2. The maximum Gasteiger partial charge on any atom is 0.494 e. The number of para-hydroxylation sites is 2. The zero-order valence-electron chi connectivity index (χ0n) is 17.2. The first-order valence-corrected chi connectivity index (χ1v) is 10.8. The van der Waals surface area contributed by atoms with Crippen LogP contribution in [0.4, 0.5) is 11.4 Å². The number of nitrogens with one attached hydrogen (secondary N) is 1. The molecule has 0 spiro atoms. The van der Waals surface area contributed by atoms with Crippen LogP contribution in [-0.2, 0) is 9.31 Å². The van der Waals surface area contributed by atoms with Crippen LogP contribution in [0.5, 0.6) is 0 Å². The fourth-order valence-corrected chi connectivity index (χ4v) is 4.72. The third-order valence-electron chi connectivity index (χ3n) is 6.14. The van der Waals surface area contributed by atoms with Gasteiger partial charge in [-0.3, -0.25) is 0 Å². The first-order valence-electron chi connectivity index (χ1n) is 9.97. The normalized spacial score (nSPS) is 18.7. The molecule has 0 bridgehead atoms. The summed E-state index contributed by atoms with van der Waals surface area (Å²) in [6.07, 6.45) is 0. The molecule has 1 fully saturated rings. The average molecular weight is 401 g/mol. The van der Waals surface area contributed by atoms with Crippen molar-refractivity contribution < 1.29 is 9.31 Å². The molecule has 146 valence electrons. The second-order valence-corrected chi connectivity index (χ2v) is 9.70. The van der Waals surface area contributed by atoms with Crippen LogP contribution >= 0.6 is 11.8 Å². The molecule has 0 aromatic heterocycles. The molecule has 2 heterocycles. The third-order valence-corrected chi connectivity index (χ3v) is 7.28. The van der Waals surface area contributed by atoms with Gasteiger partial charge in [-0.15, -0.1) is 0 Å². The second-order valence-electron chi connectivity index (χ2n) is 8.61. The lowest BCUT2D eigenvalue weighted by Gasteiger charge is -2.32. The molecule has 3 aromatic rings. The lowest BCUT2D eigenvalue weighted by Crippen LogP contribution is -2.41. The number of hydrogen-bond donors (Lipinski definition) is 1. The Labute approximate surface area is 177 Å². The van der Waals surface area contributed by atoms with Gasteiger partial charge in [0.1, 0.15) is 0 Å². The lowest BCUT2D eigenvalue weighted by molar-refractivity contribution is 0.00578. The third kappa shape index (κ3) is 3.18. The highest BCUT2D eigenvalue weighted by Crippen LogP contribution is 2.47. The van der Waals surface area contributed by atoms with E-state index in [-0.39, 0.29) is 18.3 Å². The Hall–Kier alpha value is -2.21. The van der Waals surface area contributed by atoms with E-state index in [9.17, 15) is 0 Å². The van der Waals surface area contributed by atoms with Gasteiger partial charge in [0.25, 0.3) is 0 Å². The van der Waals surface area contributed by atoms with Gasteiger partial charge in [0.2, 0.25) is 0 Å². The van der Waals surface area contributed by atoms with Gasteiger partial charge < -0.3 is 14.6 Å². The van der Waals surface area contributed by atoms with Crippen molar-refractivity contribution in [1.82, 2.24) is 0 Å². The fraction of sp³-hybridized carbons (Fsp3) is 0.250. The summed E-state index contributed by atoms with van der Waals surface area (Å²) < 4.78 is 12.4. The van der Waals surface area contributed by atoms with Gasteiger partial charge in [0.05, 0.1) is 22.6 Å². The first kappa shape index (κ1) is 18.8. The van der Waals surface area contributed by atoms with Crippen molar-refractivity contribution in [2.45, 2.75) is 48.7 Å². The first-order chi connectivity index (χ1) is 13.8. The predicted octanol–water partition coefficient (Wildman–Crippen LogP) is 5.86. The molecule has 0 atom stereocenters. The molecule has 0 amide bonds. The monoisotopic (exact) mass is 401 g/mol. The maximum absolute atomic E-state index is 6.19. The zero-order chi connectivity index (χ0) is 20.2. The molecule has 0 aliphatic carbocycles. The standard InChI is InChI=1S/C24H24BNO2S/c1-23(2)24(3,4)28-25(27-23)17-14-12-16(13-15-17)18-8-7-11-21-22(18)26-19-9-5-6-10-20(19)29-21/h5-15,26H,1-4H3. The van der Waals surface area contributed by atoms with Crippen LogP contribution in [-0.4, -0.2) is 18.3 Å². The van der Waals surface area contributed by atoms with E-state index in [4.69, 9.17) is 9.31 Å². The minimum Gasteiger partial charge on any atom is -0.399 e. The quantitative estimate of drug-likeness (QED) is 0.426. The minimum atomic E-state index is -0.334. The van der Waals surface area contributed by atoms with Crippen molar-refractivity contribution in [2.24, 2.45) is 0 Å². The van der Waals surface area contributed by atoms with Crippen LogP contribution in [0.3, 0.4) is 0 Å². The summed E-state index contributed by atoms with van der Waals surface area (Å²) in [7, 11) is -0.334. The van der Waals surface area contributed by atoms with Crippen LogP contribution in [0.25, 0.3) is 11.1 Å². The van der Waals surface area contributed by atoms with Gasteiger partial charge in [-0.2, -0.15) is 0 Å². The summed E-state index contributed by atoms with van der Waals surface area (Å²) in [6.45, 7) is 8.33. The Morgan fingerprint density at radius 2 is 1.41 bits per heavy atom. The van der Waals surface area contributed by atoms with Crippen LogP contribution < -0.4 is 10.8 Å². The van der Waals surface area contributed by atoms with E-state index in [0.29, 0.717) is 0 Å². The summed E-state index contributed by atoms with van der Waals surface area (Å²) in [5.74, 6) is 0. The molecule has 3 nitrogen and oxygen atoms in total. The van der Waals surface area contributed by atoms with E-state index in [1.54, 1.807) is 0 Å². The van der Waals surface area contributed by atoms with Crippen LogP contribution in [0.15, 0.2) is 76.5 Å². The molecule has 0 saturated carbocycles. The molecular weight excluding hydrogens is 377 g/mol. The molecule has 2 aliphatic rings. The molecule has 29 heavy (non-hydrogen) atoms. The lowest BCUT2D eigenvalue weighted by atomic mass is 9.78. The van der Waals surface area contributed by atoms with Gasteiger partial charge in [-0.1, -0.05) is 60.3 Å². The van der Waals surface area contributed by atoms with E-state index < -0.39 is 0 Å². The van der Waals surface area contributed by atoms with Gasteiger partial charge in [-0.25, -0.2) is 0 Å². The van der Waals surface area contributed by atoms with E-state index in [0.717, 1.165) is 11.2 Å². The zero-order valence-corrected chi connectivity index (χ0v) is 18.0. The van der Waals surface area contributed by atoms with Gasteiger partial charge in [0.15, 0.2) is 0 Å². The largest absolute Gasteiger partial charge is 0.494 e. The average Bonchev–Trinajstić information content (AvgIpc) is 2.93. The number of anilines is 2. The molecule has 3 aromatic carbocycles. The molecule has 0 unspecified atom stereocenters. The van der Waals surface area contributed by atoms with E-state index in [1.807, 2.05) is 11.8 Å². The molecule has 1 saturated heterocycles. The van der Waals surface area contributed by atoms with Crippen molar-refractivity contribution in [2.75, 3.05) is 5.32 Å². The molecule has 2 aliphatic heterocycles. The van der Waals surface area contributed by atoms with Crippen molar-refractivity contribution in [1.29, 1.82) is 0 Å². The summed E-state index contributed by atoms with van der Waals surface area (Å²) >= 11 is 1.81. The highest BCUT2D eigenvalue weighted by Gasteiger charge is 2.51. The highest BCUT2D eigenvalue weighted by molar-refractivity contribution is 7.99. The second kappa shape index (κ2) is 6.66. The number of hydrogen-bond acceptors (Lipinski definition) is 4. The summed E-state index contributed by atoms with van der Waals surface area (Å²) in [4.78, 5) is 2.50. The van der Waals surface area contributed by atoms with Crippen LogP contribution in [0.1, 0.15) is 27.7 Å². The van der Waals surface area contributed by atoms with Gasteiger partial charge in [0, 0.05) is 15.4 Å². The minimum absolute atomic E-state index is 0.330.